The Morgan fingerprint density at radius 3 is 1.00 bits per heavy atom. The summed E-state index contributed by atoms with van der Waals surface area (Å²) in [5, 5.41) is 0. The molecule has 0 aromatic heterocycles. The molecule has 1 saturated heterocycles. The van der Waals surface area contributed by atoms with Gasteiger partial charge < -0.3 is 4.74 Å². The third-order valence-electron chi connectivity index (χ3n) is 1.52. The third kappa shape index (κ3) is 8.83. The van der Waals surface area contributed by atoms with Gasteiger partial charge in [0.05, 0.1) is 13.2 Å². The molecule has 0 radical (unpaired) electrons. The summed E-state index contributed by atoms with van der Waals surface area (Å²) in [6.45, 7) is 2.00. The Morgan fingerprint density at radius 2 is 0.923 bits per heavy atom. The molecule has 0 aromatic rings. The predicted octanol–water partition coefficient (Wildman–Crippen LogP) is 3.02. The standard InChI is InChI=1S/2C5H6.C2H4O/c2*1-2-4-5-3-1;1-2-3-1/h2*1-4H,5H2;1-2H2. The van der Waals surface area contributed by atoms with Crippen LogP contribution in [-0.4, -0.2) is 13.2 Å². The van der Waals surface area contributed by atoms with Crippen molar-refractivity contribution in [3.63, 3.8) is 0 Å². The Morgan fingerprint density at radius 1 is 0.615 bits per heavy atom. The first-order valence-corrected chi connectivity index (χ1v) is 4.71. The first-order chi connectivity index (χ1) is 6.50. The summed E-state index contributed by atoms with van der Waals surface area (Å²) >= 11 is 0. The van der Waals surface area contributed by atoms with Gasteiger partial charge in [-0.25, -0.2) is 0 Å². The zero-order chi connectivity index (χ0) is 9.19. The van der Waals surface area contributed by atoms with Crippen LogP contribution in [0, 0.1) is 0 Å². The lowest BCUT2D eigenvalue weighted by atomic mass is 10.5. The van der Waals surface area contributed by atoms with Gasteiger partial charge in [-0.1, -0.05) is 48.6 Å². The van der Waals surface area contributed by atoms with E-state index in [9.17, 15) is 0 Å². The lowest BCUT2D eigenvalue weighted by molar-refractivity contribution is 0.475. The fourth-order valence-corrected chi connectivity index (χ4v) is 0.786. The van der Waals surface area contributed by atoms with E-state index in [0.717, 1.165) is 26.1 Å². The van der Waals surface area contributed by atoms with Crippen LogP contribution in [-0.2, 0) is 4.74 Å². The maximum absolute atomic E-state index is 4.50. The van der Waals surface area contributed by atoms with Gasteiger partial charge in [0, 0.05) is 0 Å². The maximum atomic E-state index is 4.50. The van der Waals surface area contributed by atoms with Gasteiger partial charge in [0.1, 0.15) is 0 Å². The molecule has 0 unspecified atom stereocenters. The van der Waals surface area contributed by atoms with E-state index in [-0.39, 0.29) is 0 Å². The summed E-state index contributed by atoms with van der Waals surface area (Å²) in [6.07, 6.45) is 19.0. The van der Waals surface area contributed by atoms with Crippen molar-refractivity contribution in [2.75, 3.05) is 13.2 Å². The van der Waals surface area contributed by atoms with Crippen molar-refractivity contribution in [3.8, 4) is 0 Å². The molecular formula is C12H16O. The number of hydrogen-bond acceptors (Lipinski definition) is 1. The van der Waals surface area contributed by atoms with E-state index in [0.29, 0.717) is 0 Å². The van der Waals surface area contributed by atoms with Crippen LogP contribution >= 0.6 is 0 Å². The average Bonchev–Trinajstić information content (AvgIpc) is 2.82. The van der Waals surface area contributed by atoms with E-state index in [4.69, 9.17) is 0 Å². The van der Waals surface area contributed by atoms with Crippen LogP contribution in [0.4, 0.5) is 0 Å². The quantitative estimate of drug-likeness (QED) is 0.517. The van der Waals surface area contributed by atoms with Crippen molar-refractivity contribution < 1.29 is 4.74 Å². The van der Waals surface area contributed by atoms with Crippen molar-refractivity contribution in [3.05, 3.63) is 48.6 Å². The second kappa shape index (κ2) is 7.56. The van der Waals surface area contributed by atoms with Gasteiger partial charge in [0.25, 0.3) is 0 Å². The molecule has 0 spiro atoms. The average molecular weight is 176 g/mol. The van der Waals surface area contributed by atoms with Crippen LogP contribution in [0.15, 0.2) is 48.6 Å². The lowest BCUT2D eigenvalue weighted by Gasteiger charge is -1.57. The molecular weight excluding hydrogens is 160 g/mol. The van der Waals surface area contributed by atoms with Crippen LogP contribution in [0.3, 0.4) is 0 Å². The summed E-state index contributed by atoms with van der Waals surface area (Å²) in [4.78, 5) is 0. The fourth-order valence-electron chi connectivity index (χ4n) is 0.786. The van der Waals surface area contributed by atoms with E-state index in [1.165, 1.54) is 0 Å². The first kappa shape index (κ1) is 10.0. The second-order valence-electron chi connectivity index (χ2n) is 2.80. The van der Waals surface area contributed by atoms with Crippen LogP contribution in [0.2, 0.25) is 0 Å². The van der Waals surface area contributed by atoms with Gasteiger partial charge in [-0.2, -0.15) is 0 Å². The Labute approximate surface area is 80.1 Å². The highest BCUT2D eigenvalue weighted by Crippen LogP contribution is 1.93. The molecule has 1 heterocycles. The molecule has 1 heteroatoms. The van der Waals surface area contributed by atoms with E-state index in [1.54, 1.807) is 0 Å². The molecule has 0 saturated carbocycles. The predicted molar refractivity (Wildman–Crippen MR) is 56.6 cm³/mol. The molecule has 2 aliphatic carbocycles. The molecule has 70 valence electrons. The Balaban J connectivity index is 0.000000101. The van der Waals surface area contributed by atoms with Crippen molar-refractivity contribution in [2.24, 2.45) is 0 Å². The highest BCUT2D eigenvalue weighted by molar-refractivity contribution is 5.12. The molecule has 0 amide bonds. The molecule has 0 bridgehead atoms. The van der Waals surface area contributed by atoms with E-state index in [1.807, 2.05) is 0 Å². The van der Waals surface area contributed by atoms with Gasteiger partial charge >= 0.3 is 0 Å². The van der Waals surface area contributed by atoms with Crippen LogP contribution in [0.5, 0.6) is 0 Å². The second-order valence-corrected chi connectivity index (χ2v) is 2.80. The highest BCUT2D eigenvalue weighted by Gasteiger charge is 1.94. The SMILES string of the molecule is C1=CCC=C1.C1=CCC=C1.C1CO1. The minimum absolute atomic E-state index is 1.00. The van der Waals surface area contributed by atoms with Crippen LogP contribution < -0.4 is 0 Å². The highest BCUT2D eigenvalue weighted by atomic mass is 16.6. The Hall–Kier alpha value is -1.08. The summed E-state index contributed by atoms with van der Waals surface area (Å²) in [7, 11) is 0. The zero-order valence-electron chi connectivity index (χ0n) is 7.86. The zero-order valence-corrected chi connectivity index (χ0v) is 7.86. The summed E-state index contributed by atoms with van der Waals surface area (Å²) in [5.41, 5.74) is 0. The maximum Gasteiger partial charge on any atom is 0.0701 e. The molecule has 3 rings (SSSR count). The van der Waals surface area contributed by atoms with Crippen molar-refractivity contribution in [2.45, 2.75) is 12.8 Å². The fraction of sp³-hybridized carbons (Fsp3) is 0.333. The number of allylic oxidation sites excluding steroid dienone is 8. The molecule has 13 heavy (non-hydrogen) atoms. The molecule has 1 aliphatic heterocycles. The molecule has 3 aliphatic rings. The van der Waals surface area contributed by atoms with Crippen molar-refractivity contribution in [1.29, 1.82) is 0 Å². The van der Waals surface area contributed by atoms with Gasteiger partial charge in [-0.3, -0.25) is 0 Å². The number of epoxide rings is 1. The number of hydrogen-bond donors (Lipinski definition) is 0. The summed E-state index contributed by atoms with van der Waals surface area (Å²) < 4.78 is 4.50. The molecule has 1 nitrogen and oxygen atoms in total. The number of ether oxygens (including phenoxy) is 1. The Bertz CT molecular complexity index is 175. The minimum atomic E-state index is 1.00. The van der Waals surface area contributed by atoms with E-state index >= 15 is 0 Å². The first-order valence-electron chi connectivity index (χ1n) is 4.71. The molecule has 1 fully saturated rings. The molecule has 0 N–H and O–H groups in total. The normalized spacial score (nSPS) is 19.1. The lowest BCUT2D eigenvalue weighted by Crippen LogP contribution is -1.37. The van der Waals surface area contributed by atoms with E-state index < -0.39 is 0 Å². The minimum Gasteiger partial charge on any atom is -0.377 e. The van der Waals surface area contributed by atoms with E-state index in [2.05, 4.69) is 53.3 Å². The van der Waals surface area contributed by atoms with Crippen molar-refractivity contribution in [1.82, 2.24) is 0 Å². The van der Waals surface area contributed by atoms with Crippen LogP contribution in [0.1, 0.15) is 12.8 Å². The molecule has 0 atom stereocenters. The van der Waals surface area contributed by atoms with Crippen LogP contribution in [0.25, 0.3) is 0 Å². The third-order valence-corrected chi connectivity index (χ3v) is 1.52. The topological polar surface area (TPSA) is 12.5 Å². The largest absolute Gasteiger partial charge is 0.377 e. The monoisotopic (exact) mass is 176 g/mol. The Kier molecular flexibility index (Phi) is 5.82. The van der Waals surface area contributed by atoms with Gasteiger partial charge in [0.2, 0.25) is 0 Å². The number of rotatable bonds is 0. The van der Waals surface area contributed by atoms with Gasteiger partial charge in [-0.15, -0.1) is 0 Å². The van der Waals surface area contributed by atoms with Gasteiger partial charge in [0.15, 0.2) is 0 Å². The van der Waals surface area contributed by atoms with Gasteiger partial charge in [-0.05, 0) is 12.8 Å². The smallest absolute Gasteiger partial charge is 0.0701 e. The molecule has 0 aromatic carbocycles. The van der Waals surface area contributed by atoms with Crippen molar-refractivity contribution >= 4 is 0 Å². The summed E-state index contributed by atoms with van der Waals surface area (Å²) in [5.74, 6) is 0. The summed E-state index contributed by atoms with van der Waals surface area (Å²) in [6, 6.07) is 0.